The van der Waals surface area contributed by atoms with Crippen LogP contribution in [0, 0.1) is 0 Å². The summed E-state index contributed by atoms with van der Waals surface area (Å²) in [6.07, 6.45) is 0. The summed E-state index contributed by atoms with van der Waals surface area (Å²) < 4.78 is 155. The Morgan fingerprint density at radius 1 is 0.648 bits per heavy atom. The Labute approximate surface area is 399 Å². The van der Waals surface area contributed by atoms with Gasteiger partial charge in [-0.05, 0) is 61.5 Å². The molecular formula is C38H34N8O21S4. The number of aliphatic hydroxyl groups is 2. The van der Waals surface area contributed by atoms with E-state index in [2.05, 4.69) is 35.8 Å². The highest BCUT2D eigenvalue weighted by Gasteiger charge is 2.41. The smallest absolute Gasteiger partial charge is 0.355 e. The van der Waals surface area contributed by atoms with E-state index in [0.29, 0.717) is 11.1 Å². The molecule has 1 amide bonds. The van der Waals surface area contributed by atoms with Crippen LogP contribution >= 0.6 is 0 Å². The van der Waals surface area contributed by atoms with Gasteiger partial charge in [-0.2, -0.15) is 54.0 Å². The van der Waals surface area contributed by atoms with Crippen LogP contribution in [-0.2, 0) is 50.1 Å². The van der Waals surface area contributed by atoms with Gasteiger partial charge in [0, 0.05) is 29.0 Å². The standard InChI is InChI=1S/C38H34N8O21S4/c1-2-65-20-5-9-24(30(15-20)69(56,57)58)39-41-26-17-29(67-14-12-48)27(18-28(26)66-13-11-47)42-43-32-31(70(59,60)61)16-23-22(35(32)49)8-10-25(36(23)71(62,63)64)40-44-33-34(38(51)52)45-46(37(33)50)19-3-6-21(7-4-19)68(53,54)55/h3-10,15-18,33,47-49H,2,11-14H2,1H3,(H,51,52)(H,53,54,55)(H,56,57,58)(H,59,60,61)(H,62,63,64). The molecule has 5 aromatic carbocycles. The number of anilines is 1. The van der Waals surface area contributed by atoms with E-state index in [1.807, 2.05) is 0 Å². The summed E-state index contributed by atoms with van der Waals surface area (Å²) in [6, 6.07) is 9.21. The zero-order chi connectivity index (χ0) is 52.2. The molecule has 376 valence electrons. The first-order valence-corrected chi connectivity index (χ1v) is 25.2. The van der Waals surface area contributed by atoms with Gasteiger partial charge in [0.25, 0.3) is 46.4 Å². The summed E-state index contributed by atoms with van der Waals surface area (Å²) in [7, 11) is -20.7. The molecule has 71 heavy (non-hydrogen) atoms. The molecule has 8 N–H and O–H groups in total. The van der Waals surface area contributed by atoms with Crippen LogP contribution in [0.25, 0.3) is 10.8 Å². The number of carboxylic acid groups (broad SMARTS) is 1. The minimum absolute atomic E-state index is 0.0652. The number of aromatic hydroxyl groups is 1. The second-order valence-electron chi connectivity index (χ2n) is 13.9. The number of rotatable bonds is 20. The number of hydrogen-bond acceptors (Lipinski definition) is 23. The van der Waals surface area contributed by atoms with E-state index in [-0.39, 0.29) is 40.9 Å². The number of nitrogens with zero attached hydrogens (tertiary/aromatic N) is 8. The van der Waals surface area contributed by atoms with Crippen LogP contribution in [0.5, 0.6) is 23.0 Å². The fraction of sp³-hybridized carbons (Fsp3) is 0.184. The minimum Gasteiger partial charge on any atom is -0.505 e. The summed E-state index contributed by atoms with van der Waals surface area (Å²) in [5.41, 5.74) is -4.20. The molecule has 1 atom stereocenters. The Morgan fingerprint density at radius 3 is 1.73 bits per heavy atom. The van der Waals surface area contributed by atoms with Crippen LogP contribution in [0.4, 0.5) is 34.1 Å². The number of carbonyl (C=O) groups is 2. The highest BCUT2D eigenvalue weighted by Crippen LogP contribution is 2.47. The van der Waals surface area contributed by atoms with E-state index < -0.39 is 144 Å². The summed E-state index contributed by atoms with van der Waals surface area (Å²) in [4.78, 5) is 21.5. The average molecular weight is 1070 g/mol. The van der Waals surface area contributed by atoms with Crippen molar-refractivity contribution in [1.29, 1.82) is 0 Å². The maximum absolute atomic E-state index is 13.4. The number of phenolic OH excluding ortho intramolecular Hbond substituents is 1. The van der Waals surface area contributed by atoms with Gasteiger partial charge in [-0.3, -0.25) is 23.0 Å². The second kappa shape index (κ2) is 20.9. The highest BCUT2D eigenvalue weighted by atomic mass is 32.2. The number of phenols is 1. The number of fused-ring (bicyclic) bond motifs is 1. The van der Waals surface area contributed by atoms with Crippen molar-refractivity contribution in [3.63, 3.8) is 0 Å². The van der Waals surface area contributed by atoms with Crippen LogP contribution < -0.4 is 19.2 Å². The van der Waals surface area contributed by atoms with Gasteiger partial charge in [0.2, 0.25) is 6.04 Å². The number of aliphatic carboxylic acids is 1. The lowest BCUT2D eigenvalue weighted by molar-refractivity contribution is -0.130. The Bertz CT molecular complexity index is 3550. The van der Waals surface area contributed by atoms with Crippen LogP contribution in [0.1, 0.15) is 6.92 Å². The van der Waals surface area contributed by atoms with Gasteiger partial charge in [0.05, 0.1) is 30.4 Å². The van der Waals surface area contributed by atoms with Crippen molar-refractivity contribution in [2.45, 2.75) is 32.5 Å². The molecule has 5 aromatic rings. The molecule has 0 fully saturated rings. The number of amides is 1. The van der Waals surface area contributed by atoms with E-state index in [0.717, 1.165) is 60.7 Å². The number of benzene rings is 5. The van der Waals surface area contributed by atoms with Crippen molar-refractivity contribution in [2.24, 2.45) is 35.8 Å². The first-order valence-electron chi connectivity index (χ1n) is 19.4. The molecule has 6 rings (SSSR count). The van der Waals surface area contributed by atoms with Crippen molar-refractivity contribution < 1.29 is 96.1 Å². The van der Waals surface area contributed by atoms with Crippen molar-refractivity contribution in [3.05, 3.63) is 72.8 Å². The van der Waals surface area contributed by atoms with E-state index in [1.165, 1.54) is 6.07 Å². The fourth-order valence-electron chi connectivity index (χ4n) is 6.29. The van der Waals surface area contributed by atoms with Gasteiger partial charge in [-0.25, -0.2) is 4.79 Å². The molecular weight excluding hydrogens is 1030 g/mol. The molecule has 29 nitrogen and oxygen atoms in total. The van der Waals surface area contributed by atoms with Crippen LogP contribution in [0.2, 0.25) is 0 Å². The maximum Gasteiger partial charge on any atom is 0.355 e. The molecule has 1 aliphatic heterocycles. The highest BCUT2D eigenvalue weighted by molar-refractivity contribution is 7.87. The average Bonchev–Trinajstić information content (AvgIpc) is 3.63. The number of carboxylic acids is 1. The third-order valence-corrected chi connectivity index (χ3v) is 12.8. The Balaban J connectivity index is 1.45. The lowest BCUT2D eigenvalue weighted by Crippen LogP contribution is -2.33. The van der Waals surface area contributed by atoms with Crippen molar-refractivity contribution in [3.8, 4) is 23.0 Å². The third-order valence-electron chi connectivity index (χ3n) is 9.27. The van der Waals surface area contributed by atoms with Gasteiger partial charge in [-0.1, -0.05) is 0 Å². The van der Waals surface area contributed by atoms with Crippen molar-refractivity contribution in [1.82, 2.24) is 0 Å². The second-order valence-corrected chi connectivity index (χ2v) is 19.5. The normalized spacial score (nSPS) is 14.8. The van der Waals surface area contributed by atoms with Crippen LogP contribution in [0.3, 0.4) is 0 Å². The number of hydrogen-bond donors (Lipinski definition) is 8. The summed E-state index contributed by atoms with van der Waals surface area (Å²) >= 11 is 0. The molecule has 0 spiro atoms. The number of azo groups is 3. The van der Waals surface area contributed by atoms with Crippen LogP contribution in [0.15, 0.2) is 128 Å². The molecule has 0 radical (unpaired) electrons. The summed E-state index contributed by atoms with van der Waals surface area (Å²) in [5.74, 6) is -4.81. The Hall–Kier alpha value is -7.47. The van der Waals surface area contributed by atoms with Crippen molar-refractivity contribution >= 4 is 103 Å². The number of ether oxygens (including phenoxy) is 3. The van der Waals surface area contributed by atoms with Crippen molar-refractivity contribution in [2.75, 3.05) is 38.0 Å². The number of carbonyl (C=O) groups excluding carboxylic acids is 1. The largest absolute Gasteiger partial charge is 0.505 e. The zero-order valence-corrected chi connectivity index (χ0v) is 38.9. The lowest BCUT2D eigenvalue weighted by Gasteiger charge is -2.14. The molecule has 0 bridgehead atoms. The fourth-order valence-corrected chi connectivity index (χ4v) is 8.87. The molecule has 33 heteroatoms. The van der Waals surface area contributed by atoms with Gasteiger partial charge in [-0.15, -0.1) is 20.5 Å². The van der Waals surface area contributed by atoms with Gasteiger partial charge in [0.15, 0.2) is 11.5 Å². The number of aliphatic hydroxyl groups excluding tert-OH is 2. The van der Waals surface area contributed by atoms with E-state index >= 15 is 0 Å². The maximum atomic E-state index is 13.4. The molecule has 1 heterocycles. The lowest BCUT2D eigenvalue weighted by atomic mass is 10.1. The molecule has 0 saturated carbocycles. The summed E-state index contributed by atoms with van der Waals surface area (Å²) in [6.45, 7) is -0.256. The number of hydrazone groups is 1. The first-order chi connectivity index (χ1) is 33.3. The van der Waals surface area contributed by atoms with Gasteiger partial charge < -0.3 is 34.6 Å². The van der Waals surface area contributed by atoms with Gasteiger partial charge >= 0.3 is 5.97 Å². The molecule has 0 aliphatic carbocycles. The van der Waals surface area contributed by atoms with Gasteiger partial charge in [0.1, 0.15) is 73.6 Å². The topological polar surface area (TPSA) is 450 Å². The molecule has 0 aromatic heterocycles. The van der Waals surface area contributed by atoms with E-state index in [4.69, 9.17) is 14.2 Å². The predicted octanol–water partition coefficient (Wildman–Crippen LogP) is 4.44. The SMILES string of the molecule is CCOc1ccc(N=Nc2cc(OCCO)c(N=Nc3c(S(=O)(=O)O)cc4c(S(=O)(=O)O)c(N=NC5C(=O)N(c6ccc(S(=O)(=O)O)cc6)N=C5C(=O)O)ccc4c3O)cc2OCCO)c(S(=O)(=O)O)c1. The Morgan fingerprint density at radius 2 is 1.21 bits per heavy atom. The zero-order valence-electron chi connectivity index (χ0n) is 35.6. The molecule has 1 unspecified atom stereocenters. The molecule has 0 saturated heterocycles. The first kappa shape index (κ1) is 52.9. The summed E-state index contributed by atoms with van der Waals surface area (Å²) in [5, 5.41) is 65.8. The Kier molecular flexibility index (Phi) is 15.5. The third kappa shape index (κ3) is 11.9. The minimum atomic E-state index is -5.57. The quantitative estimate of drug-likeness (QED) is 0.0394. The van der Waals surface area contributed by atoms with E-state index in [9.17, 15) is 81.9 Å². The molecule has 1 aliphatic rings. The predicted molar refractivity (Wildman–Crippen MR) is 240 cm³/mol. The van der Waals surface area contributed by atoms with E-state index in [1.54, 1.807) is 6.92 Å². The van der Waals surface area contributed by atoms with Crippen LogP contribution in [-0.4, -0.2) is 129 Å². The monoisotopic (exact) mass is 1070 g/mol.